The number of rotatable bonds is 8. The first-order chi connectivity index (χ1) is 36.0. The SMILES string of the molecule is Cc1noc(C)c1-c1cc(SCc2ccccc2)c2cccnc2c1.Clc1cc(Cl)c2cccnc2c1.Clc1cc(SCc2ccccc2)c2cccnc2c1.SCc1ccccc1.[B-]c1c(C)noc1C.[K+].[K+].[K][K]. The Morgan fingerprint density at radius 1 is 0.500 bits per heavy atom. The molecule has 6 aromatic carbocycles. The van der Waals surface area contributed by atoms with Crippen LogP contribution < -0.4 is 108 Å². The van der Waals surface area contributed by atoms with Gasteiger partial charge in [0, 0.05) is 83.1 Å². The van der Waals surface area contributed by atoms with Crippen LogP contribution in [0.5, 0.6) is 0 Å². The van der Waals surface area contributed by atoms with E-state index in [4.69, 9.17) is 51.7 Å². The van der Waals surface area contributed by atoms with Gasteiger partial charge in [0.1, 0.15) is 5.76 Å². The molecule has 0 N–H and O–H groups in total. The number of fused-ring (bicyclic) bond motifs is 3. The van der Waals surface area contributed by atoms with Crippen LogP contribution in [0, 0.1) is 27.7 Å². The summed E-state index contributed by atoms with van der Waals surface area (Å²) in [6.07, 6.45) is 5.35. The molecule has 0 atom stereocenters. The van der Waals surface area contributed by atoms with E-state index in [9.17, 15) is 0 Å². The van der Waals surface area contributed by atoms with Gasteiger partial charge < -0.3 is 16.9 Å². The number of aromatic nitrogens is 5. The van der Waals surface area contributed by atoms with Crippen LogP contribution in [0.15, 0.2) is 201 Å². The average Bonchev–Trinajstić information content (AvgIpc) is 3.94. The molecule has 0 bridgehead atoms. The molecule has 0 saturated heterocycles. The van der Waals surface area contributed by atoms with Crippen molar-refractivity contribution in [1.29, 1.82) is 0 Å². The minimum atomic E-state index is 0. The van der Waals surface area contributed by atoms with E-state index in [-0.39, 0.29) is 103 Å². The van der Waals surface area contributed by atoms with Crippen LogP contribution >= 0.6 is 71.0 Å². The zero-order valence-electron chi connectivity index (χ0n) is 44.0. The maximum atomic E-state index is 6.15. The van der Waals surface area contributed by atoms with E-state index >= 15 is 0 Å². The van der Waals surface area contributed by atoms with Crippen molar-refractivity contribution < 1.29 is 112 Å². The van der Waals surface area contributed by atoms with Crippen molar-refractivity contribution in [3.8, 4) is 11.1 Å². The Morgan fingerprint density at radius 2 is 0.921 bits per heavy atom. The number of halogens is 3. The van der Waals surface area contributed by atoms with E-state index in [0.717, 1.165) is 77.9 Å². The van der Waals surface area contributed by atoms with Crippen LogP contribution in [0.1, 0.15) is 39.6 Å². The molecule has 5 aromatic heterocycles. The summed E-state index contributed by atoms with van der Waals surface area (Å²) in [5.41, 5.74) is 11.2. The quantitative estimate of drug-likeness (QED) is 0.0908. The Labute approximate surface area is 607 Å². The predicted molar refractivity (Wildman–Crippen MR) is 319 cm³/mol. The fourth-order valence-corrected chi connectivity index (χ4v) is 10.3. The molecule has 11 rings (SSSR count). The molecule has 0 aliphatic heterocycles. The van der Waals surface area contributed by atoms with Crippen molar-refractivity contribution in [2.24, 2.45) is 0 Å². The van der Waals surface area contributed by atoms with Crippen molar-refractivity contribution in [3.05, 3.63) is 237 Å². The molecule has 7 nitrogen and oxygen atoms in total. The van der Waals surface area contributed by atoms with Gasteiger partial charge >= 0.3 is 166 Å². The fraction of sp³-hybridized carbons (Fsp3) is 0.121. The van der Waals surface area contributed by atoms with Crippen LogP contribution in [0.3, 0.4) is 0 Å². The maximum absolute atomic E-state index is 6.15. The first-order valence-corrected chi connectivity index (χ1v) is 43.4. The molecule has 0 amide bonds. The van der Waals surface area contributed by atoms with E-state index in [1.165, 1.54) is 95.0 Å². The summed E-state index contributed by atoms with van der Waals surface area (Å²) in [6.45, 7) is 7.53. The van der Waals surface area contributed by atoms with Crippen LogP contribution in [-0.2, 0) is 17.3 Å². The summed E-state index contributed by atoms with van der Waals surface area (Å²) >= 11 is 28.1. The molecule has 0 spiro atoms. The first-order valence-electron chi connectivity index (χ1n) is 23.7. The van der Waals surface area contributed by atoms with Crippen molar-refractivity contribution in [1.82, 2.24) is 25.3 Å². The fourth-order valence-electron chi connectivity index (χ4n) is 7.19. The van der Waals surface area contributed by atoms with Gasteiger partial charge in [0.15, 0.2) is 0 Å². The van der Waals surface area contributed by atoms with E-state index in [2.05, 4.69) is 123 Å². The summed E-state index contributed by atoms with van der Waals surface area (Å²) in [6, 6.07) is 54.8. The van der Waals surface area contributed by atoms with Gasteiger partial charge in [0.2, 0.25) is 0 Å². The van der Waals surface area contributed by atoms with Crippen molar-refractivity contribution >= 4 is 180 Å². The van der Waals surface area contributed by atoms with Gasteiger partial charge in [-0.2, -0.15) is 12.6 Å². The van der Waals surface area contributed by atoms with Gasteiger partial charge in [-0.05, 0) is 111 Å². The zero-order valence-corrected chi connectivity index (χ0v) is 61.3. The molecule has 3 radical (unpaired) electrons. The molecule has 0 fully saturated rings. The van der Waals surface area contributed by atoms with Crippen molar-refractivity contribution in [2.75, 3.05) is 0 Å². The zero-order chi connectivity index (χ0) is 52.8. The molecular weight excluding hydrogens is 1170 g/mol. The summed E-state index contributed by atoms with van der Waals surface area (Å²) in [7, 11) is 5.45. The van der Waals surface area contributed by atoms with Gasteiger partial charge in [0.25, 0.3) is 0 Å². The second kappa shape index (κ2) is 37.6. The number of thiol groups is 1. The van der Waals surface area contributed by atoms with Gasteiger partial charge in [0.05, 0.1) is 33.0 Å². The summed E-state index contributed by atoms with van der Waals surface area (Å²) in [5.74, 6) is 4.23. The number of benzene rings is 6. The van der Waals surface area contributed by atoms with E-state index in [0.29, 0.717) is 21.3 Å². The first kappa shape index (κ1) is 69.0. The van der Waals surface area contributed by atoms with Gasteiger partial charge in [-0.15, -0.1) is 23.5 Å². The Balaban J connectivity index is 0.000000216. The van der Waals surface area contributed by atoms with Gasteiger partial charge in [-0.3, -0.25) is 20.4 Å². The third kappa shape index (κ3) is 21.9. The molecule has 11 aromatic rings. The number of hydrogen-bond donors (Lipinski definition) is 1. The molecule has 5 heterocycles. The second-order valence-corrected chi connectivity index (χ2v) is 19.7. The number of nitrogens with zero attached hydrogens (tertiary/aromatic N) is 5. The number of pyridine rings is 3. The van der Waals surface area contributed by atoms with Crippen molar-refractivity contribution in [3.63, 3.8) is 0 Å². The van der Waals surface area contributed by atoms with E-state index in [1.54, 1.807) is 43.2 Å². The Bertz CT molecular complexity index is 3460. The predicted octanol–water partition coefficient (Wildman–Crippen LogP) is 9.97. The van der Waals surface area contributed by atoms with Gasteiger partial charge in [-0.25, -0.2) is 0 Å². The van der Waals surface area contributed by atoms with Crippen LogP contribution in [0.4, 0.5) is 0 Å². The summed E-state index contributed by atoms with van der Waals surface area (Å²) in [4.78, 5) is 15.5. The van der Waals surface area contributed by atoms with Gasteiger partial charge in [-0.1, -0.05) is 148 Å². The standard InChI is InChI=1S/C21H18N2OS.C16H12ClNS.C9H5Cl2N.C7H8S.C5H6BNO.4K/c1-14-21(15(2)24-23-14)17-11-19-18(9-6-10-22-19)20(12-17)25-13-16-7-4-3-5-8-16;17-13-9-15-14(7-4-8-18-15)16(10-13)19-11-12-5-2-1-3-6-12;10-6-4-8(11)7-2-1-3-12-9(7)5-6;8-6-7-4-2-1-3-5-7;1-3-5(6)4(2)8-7-3;;;;/h3-12H,13H2,1-2H3;1-10H,11H2;1-5H;1-5,8H,6H2;1-2H3;;;;/q;;;;-1;;;2*+1. The van der Waals surface area contributed by atoms with E-state index < -0.39 is 0 Å². The monoisotopic (exact) mass is 1220 g/mol. The van der Waals surface area contributed by atoms with Crippen molar-refractivity contribution in [2.45, 2.75) is 54.7 Å². The van der Waals surface area contributed by atoms with E-state index in [1.807, 2.05) is 105 Å². The molecule has 0 aliphatic rings. The third-order valence-electron chi connectivity index (χ3n) is 10.9. The Kier molecular flexibility index (Phi) is 34.2. The number of thioether (sulfide) groups is 2. The summed E-state index contributed by atoms with van der Waals surface area (Å²) in [5, 5.41) is 13.0. The molecule has 18 heteroatoms. The second-order valence-electron chi connectivity index (χ2n) is 16.1. The molecule has 0 aliphatic carbocycles. The third-order valence-corrected chi connectivity index (χ3v) is 14.2. The molecule has 0 unspecified atom stereocenters. The van der Waals surface area contributed by atoms with Crippen LogP contribution in [0.2, 0.25) is 15.1 Å². The number of aryl methyl sites for hydroxylation is 4. The molecule has 76 heavy (non-hydrogen) atoms. The number of hydrogen-bond acceptors (Lipinski definition) is 10. The topological polar surface area (TPSA) is 90.7 Å². The average molecular weight is 1220 g/mol. The molecule has 363 valence electrons. The summed E-state index contributed by atoms with van der Waals surface area (Å²) < 4.78 is 10.1. The minimum absolute atomic E-state index is 0. The Morgan fingerprint density at radius 3 is 1.34 bits per heavy atom. The Hall–Kier alpha value is 0.500. The molecular formula is C58H49BCl3K4N5O2S3+. The normalized spacial score (nSPS) is 10.1. The van der Waals surface area contributed by atoms with Crippen LogP contribution in [-0.4, -0.2) is 96.3 Å². The molecule has 0 saturated carbocycles. The van der Waals surface area contributed by atoms with Crippen LogP contribution in [0.25, 0.3) is 43.8 Å².